The van der Waals surface area contributed by atoms with Crippen molar-refractivity contribution in [2.45, 2.75) is 25.7 Å². The van der Waals surface area contributed by atoms with Crippen LogP contribution in [-0.4, -0.2) is 4.98 Å². The summed E-state index contributed by atoms with van der Waals surface area (Å²) in [7, 11) is 0. The van der Waals surface area contributed by atoms with Crippen molar-refractivity contribution in [3.63, 3.8) is 0 Å². The third-order valence-corrected chi connectivity index (χ3v) is 2.19. The van der Waals surface area contributed by atoms with Gasteiger partial charge in [-0.15, -0.1) is 0 Å². The number of pyridine rings is 1. The molecule has 0 unspecified atom stereocenters. The van der Waals surface area contributed by atoms with Crippen LogP contribution in [0.25, 0.3) is 0 Å². The minimum absolute atomic E-state index is 0.198. The zero-order valence-corrected chi connectivity index (χ0v) is 6.55. The summed E-state index contributed by atoms with van der Waals surface area (Å²) in [5, 5.41) is 0. The highest BCUT2D eigenvalue weighted by Crippen LogP contribution is 2.39. The van der Waals surface area contributed by atoms with Gasteiger partial charge in [-0.25, -0.2) is 0 Å². The minimum atomic E-state index is 0.198. The predicted octanol–water partition coefficient (Wildman–Crippen LogP) is 1.56. The summed E-state index contributed by atoms with van der Waals surface area (Å²) in [6, 6.07) is 1.61. The van der Waals surface area contributed by atoms with E-state index in [1.165, 1.54) is 12.8 Å². The van der Waals surface area contributed by atoms with Crippen LogP contribution >= 0.6 is 0 Å². The highest BCUT2D eigenvalue weighted by Gasteiger charge is 2.27. The van der Waals surface area contributed by atoms with Crippen molar-refractivity contribution < 1.29 is 0 Å². The van der Waals surface area contributed by atoms with Crippen LogP contribution in [0.15, 0.2) is 17.1 Å². The molecule has 2 rings (SSSR count). The molecule has 0 atom stereocenters. The highest BCUT2D eigenvalue weighted by molar-refractivity contribution is 5.26. The first-order valence-corrected chi connectivity index (χ1v) is 3.97. The van der Waals surface area contributed by atoms with Gasteiger partial charge in [0.2, 0.25) is 0 Å². The molecular formula is C9H11NO. The van der Waals surface area contributed by atoms with Crippen molar-refractivity contribution >= 4 is 0 Å². The second kappa shape index (κ2) is 2.22. The van der Waals surface area contributed by atoms with Gasteiger partial charge >= 0.3 is 0 Å². The molecule has 0 bridgehead atoms. The molecule has 0 aromatic carbocycles. The Bertz CT molecular complexity index is 323. The lowest BCUT2D eigenvalue weighted by Crippen LogP contribution is -2.09. The second-order valence-electron chi connectivity index (χ2n) is 3.15. The number of nitrogens with one attached hydrogen (secondary N) is 1. The average Bonchev–Trinajstić information content (AvgIpc) is 2.70. The average molecular weight is 149 g/mol. The lowest BCUT2D eigenvalue weighted by molar-refractivity contribution is 1.02. The van der Waals surface area contributed by atoms with Gasteiger partial charge < -0.3 is 4.98 Å². The Morgan fingerprint density at radius 2 is 2.27 bits per heavy atom. The van der Waals surface area contributed by atoms with Crippen LogP contribution in [0.5, 0.6) is 0 Å². The van der Waals surface area contributed by atoms with E-state index in [0.29, 0.717) is 5.92 Å². The lowest BCUT2D eigenvalue weighted by Gasteiger charge is -2.00. The Labute approximate surface area is 65.3 Å². The Morgan fingerprint density at radius 3 is 2.82 bits per heavy atom. The van der Waals surface area contributed by atoms with Crippen LogP contribution in [0.1, 0.15) is 30.0 Å². The van der Waals surface area contributed by atoms with Crippen LogP contribution in [0, 0.1) is 6.92 Å². The summed E-state index contributed by atoms with van der Waals surface area (Å²) >= 11 is 0. The summed E-state index contributed by atoms with van der Waals surface area (Å²) in [5.74, 6) is 0.556. The third kappa shape index (κ3) is 1.09. The molecule has 1 aliphatic carbocycles. The molecule has 1 saturated carbocycles. The molecule has 1 N–H and O–H groups in total. The number of aromatic nitrogens is 1. The molecule has 1 heterocycles. The van der Waals surface area contributed by atoms with Gasteiger partial charge in [-0.2, -0.15) is 0 Å². The summed E-state index contributed by atoms with van der Waals surface area (Å²) in [6.07, 6.45) is 4.09. The van der Waals surface area contributed by atoms with Crippen LogP contribution in [-0.2, 0) is 0 Å². The maximum Gasteiger partial charge on any atom is 0.185 e. The molecule has 1 fully saturated rings. The Kier molecular flexibility index (Phi) is 1.34. The van der Waals surface area contributed by atoms with Crippen LogP contribution < -0.4 is 5.43 Å². The summed E-state index contributed by atoms with van der Waals surface area (Å²) in [5.41, 5.74) is 2.25. The number of hydrogen-bond donors (Lipinski definition) is 1. The van der Waals surface area contributed by atoms with E-state index in [1.54, 1.807) is 12.3 Å². The van der Waals surface area contributed by atoms with E-state index in [4.69, 9.17) is 0 Å². The van der Waals surface area contributed by atoms with Gasteiger partial charge in [-0.3, -0.25) is 4.79 Å². The number of H-pyrrole nitrogens is 1. The summed E-state index contributed by atoms with van der Waals surface area (Å²) < 4.78 is 0. The monoisotopic (exact) mass is 149 g/mol. The van der Waals surface area contributed by atoms with Crippen molar-refractivity contribution in [3.8, 4) is 0 Å². The maximum atomic E-state index is 11.3. The van der Waals surface area contributed by atoms with Crippen LogP contribution in [0.3, 0.4) is 0 Å². The molecule has 0 amide bonds. The standard InChI is InChI=1S/C9H11NO/c1-6-9(7-2-3-7)8(11)4-5-10-6/h4-5,7H,2-3H2,1H3,(H,10,11). The fourth-order valence-corrected chi connectivity index (χ4v) is 1.47. The van der Waals surface area contributed by atoms with E-state index >= 15 is 0 Å². The van der Waals surface area contributed by atoms with Crippen molar-refractivity contribution in [2.24, 2.45) is 0 Å². The molecular weight excluding hydrogens is 138 g/mol. The Morgan fingerprint density at radius 1 is 1.55 bits per heavy atom. The van der Waals surface area contributed by atoms with Gasteiger partial charge in [0.1, 0.15) is 0 Å². The zero-order valence-electron chi connectivity index (χ0n) is 6.55. The van der Waals surface area contributed by atoms with Gasteiger partial charge in [-0.05, 0) is 25.7 Å². The predicted molar refractivity (Wildman–Crippen MR) is 43.8 cm³/mol. The van der Waals surface area contributed by atoms with E-state index in [2.05, 4.69) is 4.98 Å². The van der Waals surface area contributed by atoms with Gasteiger partial charge in [0.25, 0.3) is 0 Å². The van der Waals surface area contributed by atoms with Crippen molar-refractivity contribution in [1.29, 1.82) is 0 Å². The fourth-order valence-electron chi connectivity index (χ4n) is 1.47. The van der Waals surface area contributed by atoms with Gasteiger partial charge in [-0.1, -0.05) is 0 Å². The first-order valence-electron chi connectivity index (χ1n) is 3.97. The molecule has 0 spiro atoms. The summed E-state index contributed by atoms with van der Waals surface area (Å²) in [6.45, 7) is 1.97. The Balaban J connectivity index is 2.57. The smallest absolute Gasteiger partial charge is 0.185 e. The first-order chi connectivity index (χ1) is 5.29. The van der Waals surface area contributed by atoms with E-state index in [0.717, 1.165) is 11.3 Å². The fraction of sp³-hybridized carbons (Fsp3) is 0.444. The number of aromatic amines is 1. The Hall–Kier alpha value is -1.05. The number of hydrogen-bond acceptors (Lipinski definition) is 1. The minimum Gasteiger partial charge on any atom is -0.365 e. The molecule has 1 aromatic heterocycles. The van der Waals surface area contributed by atoms with E-state index in [1.807, 2.05) is 6.92 Å². The second-order valence-corrected chi connectivity index (χ2v) is 3.15. The maximum absolute atomic E-state index is 11.3. The van der Waals surface area contributed by atoms with Crippen molar-refractivity contribution in [2.75, 3.05) is 0 Å². The van der Waals surface area contributed by atoms with E-state index in [9.17, 15) is 4.79 Å². The number of aryl methyl sites for hydroxylation is 1. The van der Waals surface area contributed by atoms with Crippen molar-refractivity contribution in [1.82, 2.24) is 4.98 Å². The molecule has 2 heteroatoms. The van der Waals surface area contributed by atoms with Gasteiger partial charge in [0, 0.05) is 23.5 Å². The molecule has 1 aliphatic rings. The third-order valence-electron chi connectivity index (χ3n) is 2.19. The van der Waals surface area contributed by atoms with Gasteiger partial charge in [0.05, 0.1) is 0 Å². The van der Waals surface area contributed by atoms with Crippen LogP contribution in [0.2, 0.25) is 0 Å². The molecule has 2 nitrogen and oxygen atoms in total. The highest BCUT2D eigenvalue weighted by atomic mass is 16.1. The van der Waals surface area contributed by atoms with Crippen molar-refractivity contribution in [3.05, 3.63) is 33.7 Å². The molecule has 11 heavy (non-hydrogen) atoms. The molecule has 0 aliphatic heterocycles. The zero-order chi connectivity index (χ0) is 7.84. The van der Waals surface area contributed by atoms with E-state index < -0.39 is 0 Å². The normalized spacial score (nSPS) is 16.8. The molecule has 0 saturated heterocycles. The summed E-state index contributed by atoms with van der Waals surface area (Å²) in [4.78, 5) is 14.4. The van der Waals surface area contributed by atoms with Crippen LogP contribution in [0.4, 0.5) is 0 Å². The molecule has 0 radical (unpaired) electrons. The van der Waals surface area contributed by atoms with E-state index in [-0.39, 0.29) is 5.43 Å². The van der Waals surface area contributed by atoms with Gasteiger partial charge in [0.15, 0.2) is 5.43 Å². The lowest BCUT2D eigenvalue weighted by atomic mass is 10.1. The largest absolute Gasteiger partial charge is 0.365 e. The quantitative estimate of drug-likeness (QED) is 0.645. The first kappa shape index (κ1) is 6.65. The number of rotatable bonds is 1. The molecule has 1 aromatic rings. The topological polar surface area (TPSA) is 32.9 Å². The SMILES string of the molecule is Cc1[nH]ccc(=O)c1C1CC1. The molecule has 58 valence electrons.